The van der Waals surface area contributed by atoms with Gasteiger partial charge >= 0.3 is 12.2 Å². The number of hydroxylamine groups is 2. The lowest BCUT2D eigenvalue weighted by Gasteiger charge is -2.49. The number of likely N-dealkylation sites (N-methyl/N-ethyl adjacent to an activating group) is 1. The van der Waals surface area contributed by atoms with Crippen molar-refractivity contribution in [1.82, 2.24) is 9.96 Å². The van der Waals surface area contributed by atoms with Crippen LogP contribution in [0.4, 0.5) is 9.59 Å². The maximum atomic E-state index is 15.7. The number of nitrogens with one attached hydrogen (secondary N) is 1. The molecule has 4 aliphatic heterocycles. The van der Waals surface area contributed by atoms with Gasteiger partial charge in [0.05, 0.1) is 84.5 Å². The number of amides is 2. The third-order valence-electron chi connectivity index (χ3n) is 23.5. The first-order chi connectivity index (χ1) is 52.7. The molecule has 4 heterocycles. The lowest BCUT2D eigenvalue weighted by Crippen LogP contribution is -2.67. The molecule has 33 heteroatoms. The predicted octanol–water partition coefficient (Wildman–Crippen LogP) is 17.6. The summed E-state index contributed by atoms with van der Waals surface area (Å²) in [6.45, 7) is 35.3. The highest BCUT2D eigenvalue weighted by molar-refractivity contribution is 14.1. The van der Waals surface area contributed by atoms with Gasteiger partial charge in [-0.05, 0) is 145 Å². The maximum Gasteiger partial charge on any atom is 0.434 e. The van der Waals surface area contributed by atoms with Gasteiger partial charge in [0.1, 0.15) is 31.0 Å². The summed E-state index contributed by atoms with van der Waals surface area (Å²) in [7, 11) is -2.77. The van der Waals surface area contributed by atoms with Gasteiger partial charge in [0.2, 0.25) is 29.3 Å². The van der Waals surface area contributed by atoms with E-state index in [1.165, 1.54) is 21.3 Å². The van der Waals surface area contributed by atoms with Crippen molar-refractivity contribution < 1.29 is 99.2 Å². The van der Waals surface area contributed by atoms with E-state index in [-0.39, 0.29) is 67.3 Å². The van der Waals surface area contributed by atoms with Crippen LogP contribution in [0.25, 0.3) is 11.1 Å². The van der Waals surface area contributed by atoms with E-state index in [9.17, 15) is 9.90 Å². The topological polar surface area (TPSA) is 259 Å². The number of hydrogen-bond donors (Lipinski definition) is 2. The Kier molecular flexibility index (Phi) is 34.7. The maximum absolute atomic E-state index is 15.7. The van der Waals surface area contributed by atoms with Crippen LogP contribution >= 0.6 is 69.2 Å². The number of ether oxygens (including phenoxy) is 13. The van der Waals surface area contributed by atoms with E-state index in [0.717, 1.165) is 93.5 Å². The number of carbonyl (C=O) groups is 3. The second kappa shape index (κ2) is 41.2. The van der Waals surface area contributed by atoms with Crippen LogP contribution in [0.5, 0.6) is 17.2 Å². The average molecular weight is 1820 g/mol. The van der Waals surface area contributed by atoms with Crippen LogP contribution in [0.3, 0.4) is 0 Å². The predicted molar refractivity (Wildman–Crippen MR) is 451 cm³/mol. The SMILES string of the molecule is CCN(C(=O)OCC1c2ccccc2-c2ccccc21)[C@H]1CO[C@@H](O[C@H]2C(OC(=N)C(Cl)(Cl)Cl)O[C@H](C)[C@@H](N(O[C@H]3C[C@H](O[Si](CC)(CC)CC)[C@H](SC(=O)c4c(C)c(I)c(O[C@@H]5O[C@@H](C)[C@H](O[Si](CC)(CC)CC)[C@@H](OC)[C@H]5O[Si](CC)(CC)CC)c(OC)c4OC)[C@@H](C)O3)C(=O)OCC[Si](C)(C)C)[C@@H]2O)C[C@@H]1OC. The van der Waals surface area contributed by atoms with Crippen molar-refractivity contribution in [2.24, 2.45) is 0 Å². The molecule has 3 aromatic rings. The van der Waals surface area contributed by atoms with Crippen LogP contribution in [-0.2, 0) is 65.5 Å². The summed E-state index contributed by atoms with van der Waals surface area (Å²) in [5.41, 5.74) is 5.15. The molecule has 0 saturated carbocycles. The largest absolute Gasteiger partial charge is 0.492 e. The number of halogens is 4. The molecule has 1 aliphatic carbocycles. The third kappa shape index (κ3) is 21.6. The highest BCUT2D eigenvalue weighted by atomic mass is 127. The fraction of sp³-hybridized carbons (Fsp3) is 0.718. The lowest BCUT2D eigenvalue weighted by atomic mass is 9.96. The molecule has 0 spiro atoms. The summed E-state index contributed by atoms with van der Waals surface area (Å²) in [4.78, 5) is 53.5. The summed E-state index contributed by atoms with van der Waals surface area (Å²) in [6.07, 6.45) is -15.7. The van der Waals surface area contributed by atoms with E-state index in [1.54, 1.807) is 18.9 Å². The van der Waals surface area contributed by atoms with Crippen LogP contribution in [-0.4, -0.2) is 233 Å². The Bertz CT molecular complexity index is 3500. The fourth-order valence-electron chi connectivity index (χ4n) is 16.0. The third-order valence-corrected chi connectivity index (χ3v) is 42.3. The van der Waals surface area contributed by atoms with Gasteiger partial charge < -0.3 is 84.9 Å². The summed E-state index contributed by atoms with van der Waals surface area (Å²) < 4.78 is 104. The molecular weight excluding hydrogens is 1690 g/mol. The zero-order valence-electron chi connectivity index (χ0n) is 68.8. The Morgan fingerprint density at radius 1 is 0.649 bits per heavy atom. The van der Waals surface area contributed by atoms with Gasteiger partial charge in [0.15, 0.2) is 55.1 Å². The average Bonchev–Trinajstić information content (AvgIpc) is 1.74. The Balaban J connectivity index is 1.08. The van der Waals surface area contributed by atoms with Crippen LogP contribution in [0.1, 0.15) is 136 Å². The van der Waals surface area contributed by atoms with Crippen LogP contribution < -0.4 is 14.2 Å². The molecule has 0 radical (unpaired) electrons. The van der Waals surface area contributed by atoms with Crippen molar-refractivity contribution in [2.45, 2.75) is 303 Å². The van der Waals surface area contributed by atoms with Crippen molar-refractivity contribution in [3.05, 3.63) is 74.4 Å². The molecule has 0 aromatic heterocycles. The van der Waals surface area contributed by atoms with E-state index in [1.807, 2.05) is 52.0 Å². The van der Waals surface area contributed by atoms with Crippen molar-refractivity contribution in [2.75, 3.05) is 54.8 Å². The van der Waals surface area contributed by atoms with E-state index in [0.29, 0.717) is 20.9 Å². The number of aliphatic hydroxyl groups excluding tert-OH is 1. The van der Waals surface area contributed by atoms with Crippen molar-refractivity contribution >= 4 is 125 Å². The van der Waals surface area contributed by atoms with Gasteiger partial charge in [-0.15, -0.1) is 0 Å². The zero-order chi connectivity index (χ0) is 81.8. The number of thioether (sulfide) groups is 1. The van der Waals surface area contributed by atoms with Crippen molar-refractivity contribution in [3.8, 4) is 28.4 Å². The van der Waals surface area contributed by atoms with Gasteiger partial charge in [-0.2, -0.15) is 5.06 Å². The second-order valence-electron chi connectivity index (χ2n) is 30.7. The van der Waals surface area contributed by atoms with E-state index in [4.69, 9.17) is 120 Å². The smallest absolute Gasteiger partial charge is 0.434 e. The minimum absolute atomic E-state index is 0.00454. The number of benzene rings is 3. The van der Waals surface area contributed by atoms with Gasteiger partial charge in [-0.1, -0.05) is 177 Å². The summed E-state index contributed by atoms with van der Waals surface area (Å²) in [6, 6.07) is 22.3. The lowest BCUT2D eigenvalue weighted by molar-refractivity contribution is -0.358. The molecule has 8 rings (SSSR count). The van der Waals surface area contributed by atoms with Crippen molar-refractivity contribution in [1.29, 1.82) is 5.41 Å². The van der Waals surface area contributed by atoms with Crippen LogP contribution in [0.15, 0.2) is 48.5 Å². The number of rotatable bonds is 36. The summed E-state index contributed by atoms with van der Waals surface area (Å²) in [5.74, 6) is -0.387. The monoisotopic (exact) mass is 1810 g/mol. The first-order valence-corrected chi connectivity index (χ1v) is 53.9. The van der Waals surface area contributed by atoms with Crippen molar-refractivity contribution in [3.63, 3.8) is 0 Å². The number of methoxy groups -OCH3 is 4. The molecule has 5 aliphatic rings. The molecule has 17 atom stereocenters. The first-order valence-electron chi connectivity index (χ1n) is 39.6. The van der Waals surface area contributed by atoms with Gasteiger partial charge in [-0.3, -0.25) is 10.2 Å². The van der Waals surface area contributed by atoms with Gasteiger partial charge in [-0.25, -0.2) is 14.4 Å². The standard InChI is InChI=1S/C78H123Cl3IN3O21SSi4/c1-22-84(76(88)96-44-54-52-38-34-32-36-50(52)51-37-33-35-39-53(51)54)55-45-95-58(42-56(55)90-15)100-67-63(86)62(47(12)98-73(67)102-75(83)78(79,80)81)85(77(89)94-40-41-108(19,20)21)103-59-43-57(104-109(23-2,24-3)25-4)71(49(14)97-59)107-72(87)60-46(11)61(82)66(69(93-18)65(60)91-16)101-74-70(106-111(29-8,30-9)31-10)68(92-17)64(48(13)99-74)105-110(26-5,27-6)28-7/h32-39,47-49,54-59,62-64,67-68,70-71,73-74,83,86H,22-31,40-45H2,1-21H3/t47-,48+,49-,55+,56+,57+,58+,59+,62-,63+,64+,67-,68-,70-,71-,73?,74+/m1/s1. The molecular formula is C78H123Cl3IN3O21SSi4. The molecule has 4 saturated heterocycles. The van der Waals surface area contributed by atoms with E-state index >= 15 is 9.59 Å². The van der Waals surface area contributed by atoms with Crippen LogP contribution in [0.2, 0.25) is 80.1 Å². The number of nitrogens with zero attached hydrogens (tertiary/aromatic N) is 2. The molecule has 0 bridgehead atoms. The molecule has 626 valence electrons. The first kappa shape index (κ1) is 93.6. The number of fused-ring (bicyclic) bond motifs is 3. The normalized spacial score (nSPS) is 27.4. The summed E-state index contributed by atoms with van der Waals surface area (Å²) in [5, 5.41) is 21.7. The van der Waals surface area contributed by atoms with Gasteiger partial charge in [0.25, 0.3) is 3.79 Å². The number of carbonyl (C=O) groups excluding carboxylic acids is 3. The van der Waals surface area contributed by atoms with E-state index < -0.39 is 158 Å². The fourth-order valence-corrected chi connectivity index (χ4v) is 27.4. The highest BCUT2D eigenvalue weighted by Gasteiger charge is 2.57. The molecule has 111 heavy (non-hydrogen) atoms. The van der Waals surface area contributed by atoms with E-state index in [2.05, 4.69) is 129 Å². The molecule has 1 unspecified atom stereocenters. The minimum Gasteiger partial charge on any atom is -0.492 e. The quantitative estimate of drug-likeness (QED) is 0.0137. The Morgan fingerprint density at radius 2 is 1.19 bits per heavy atom. The zero-order valence-corrected chi connectivity index (χ0v) is 78.0. The van der Waals surface area contributed by atoms with Gasteiger partial charge in [0, 0.05) is 47.6 Å². The molecule has 24 nitrogen and oxygen atoms in total. The Morgan fingerprint density at radius 3 is 1.71 bits per heavy atom. The number of alkyl halides is 3. The molecule has 2 amide bonds. The Labute approximate surface area is 695 Å². The molecule has 2 N–H and O–H groups in total. The Hall–Kier alpha value is -2.92. The second-order valence-corrected chi connectivity index (χ2v) is 55.0. The molecule has 3 aromatic carbocycles. The number of aliphatic hydroxyl groups is 1. The number of hydrogen-bond acceptors (Lipinski definition) is 23. The highest BCUT2D eigenvalue weighted by Crippen LogP contribution is 2.51. The summed E-state index contributed by atoms with van der Waals surface area (Å²) >= 11 is 22.0. The molecule has 4 fully saturated rings. The van der Waals surface area contributed by atoms with Crippen LogP contribution in [0, 0.1) is 15.9 Å². The minimum atomic E-state index is -2.57.